The Hall–Kier alpha value is -4.46. The van der Waals surface area contributed by atoms with Crippen molar-refractivity contribution in [2.75, 3.05) is 10.6 Å². The van der Waals surface area contributed by atoms with Gasteiger partial charge in [-0.2, -0.15) is 0 Å². The summed E-state index contributed by atoms with van der Waals surface area (Å²) >= 11 is 0. The fourth-order valence-electron chi connectivity index (χ4n) is 3.37. The number of amides is 1. The first-order valence-electron chi connectivity index (χ1n) is 9.76. The summed E-state index contributed by atoms with van der Waals surface area (Å²) in [5.41, 5.74) is 2.62. The van der Waals surface area contributed by atoms with Crippen molar-refractivity contribution < 1.29 is 4.79 Å². The van der Waals surface area contributed by atoms with Crippen molar-refractivity contribution in [3.8, 4) is 5.82 Å². The van der Waals surface area contributed by atoms with E-state index < -0.39 is 0 Å². The monoisotopic (exact) mass is 409 g/mol. The van der Waals surface area contributed by atoms with Crippen LogP contribution in [0.1, 0.15) is 0 Å². The SMILES string of the molecule is O=C(Cn1ccc2ccccc21)Nc1ccc(Nc2cc(-n3ccnc3)ncn2)cc1. The molecular formula is C23H19N7O. The van der Waals surface area contributed by atoms with Crippen molar-refractivity contribution in [2.45, 2.75) is 6.54 Å². The second-order valence-electron chi connectivity index (χ2n) is 6.98. The van der Waals surface area contributed by atoms with Crippen LogP contribution in [0.5, 0.6) is 0 Å². The van der Waals surface area contributed by atoms with E-state index in [-0.39, 0.29) is 12.5 Å². The minimum absolute atomic E-state index is 0.0807. The first-order chi connectivity index (χ1) is 15.2. The van der Waals surface area contributed by atoms with Gasteiger partial charge < -0.3 is 15.2 Å². The molecule has 152 valence electrons. The van der Waals surface area contributed by atoms with Gasteiger partial charge in [0.05, 0.1) is 0 Å². The number of nitrogens with one attached hydrogen (secondary N) is 2. The number of benzene rings is 2. The highest BCUT2D eigenvalue weighted by atomic mass is 16.1. The van der Waals surface area contributed by atoms with Crippen LogP contribution in [-0.4, -0.2) is 30.0 Å². The molecule has 0 saturated carbocycles. The first-order valence-corrected chi connectivity index (χ1v) is 9.76. The highest BCUT2D eigenvalue weighted by molar-refractivity contribution is 5.92. The van der Waals surface area contributed by atoms with Gasteiger partial charge in [-0.05, 0) is 41.8 Å². The number of anilines is 3. The van der Waals surface area contributed by atoms with Crippen molar-refractivity contribution in [1.82, 2.24) is 24.1 Å². The van der Waals surface area contributed by atoms with Crippen molar-refractivity contribution in [2.24, 2.45) is 0 Å². The number of hydrogen-bond acceptors (Lipinski definition) is 5. The van der Waals surface area contributed by atoms with E-state index in [1.54, 1.807) is 17.1 Å². The van der Waals surface area contributed by atoms with Gasteiger partial charge in [0.1, 0.15) is 30.8 Å². The van der Waals surface area contributed by atoms with E-state index in [4.69, 9.17) is 0 Å². The maximum Gasteiger partial charge on any atom is 0.244 e. The molecule has 2 N–H and O–H groups in total. The van der Waals surface area contributed by atoms with Crippen LogP contribution in [0.25, 0.3) is 16.7 Å². The molecule has 5 aromatic rings. The van der Waals surface area contributed by atoms with Gasteiger partial charge in [0, 0.05) is 41.5 Å². The van der Waals surface area contributed by atoms with Crippen LogP contribution in [0.3, 0.4) is 0 Å². The predicted octanol–water partition coefficient (Wildman–Crippen LogP) is 4.00. The van der Waals surface area contributed by atoms with E-state index in [0.717, 1.165) is 28.1 Å². The van der Waals surface area contributed by atoms with E-state index >= 15 is 0 Å². The second-order valence-corrected chi connectivity index (χ2v) is 6.98. The third-order valence-corrected chi connectivity index (χ3v) is 4.86. The molecule has 0 bridgehead atoms. The Morgan fingerprint density at radius 1 is 0.935 bits per heavy atom. The molecule has 0 radical (unpaired) electrons. The molecule has 3 aromatic heterocycles. The van der Waals surface area contributed by atoms with E-state index in [1.165, 1.54) is 6.33 Å². The lowest BCUT2D eigenvalue weighted by Gasteiger charge is -2.10. The molecule has 8 nitrogen and oxygen atoms in total. The van der Waals surface area contributed by atoms with E-state index in [2.05, 4.69) is 25.6 Å². The zero-order valence-electron chi connectivity index (χ0n) is 16.5. The maximum atomic E-state index is 12.5. The lowest BCUT2D eigenvalue weighted by molar-refractivity contribution is -0.116. The number of imidazole rings is 1. The van der Waals surface area contributed by atoms with Crippen LogP contribution in [0.2, 0.25) is 0 Å². The van der Waals surface area contributed by atoms with Gasteiger partial charge in [0.15, 0.2) is 0 Å². The summed E-state index contributed by atoms with van der Waals surface area (Å²) in [5, 5.41) is 7.30. The average molecular weight is 409 g/mol. The Morgan fingerprint density at radius 3 is 2.61 bits per heavy atom. The van der Waals surface area contributed by atoms with Gasteiger partial charge in [0.2, 0.25) is 5.91 Å². The molecule has 31 heavy (non-hydrogen) atoms. The normalized spacial score (nSPS) is 10.8. The van der Waals surface area contributed by atoms with Gasteiger partial charge in [-0.1, -0.05) is 18.2 Å². The lowest BCUT2D eigenvalue weighted by atomic mass is 10.2. The van der Waals surface area contributed by atoms with Crippen LogP contribution in [-0.2, 0) is 11.3 Å². The molecule has 0 saturated heterocycles. The number of carbonyl (C=O) groups excluding carboxylic acids is 1. The lowest BCUT2D eigenvalue weighted by Crippen LogP contribution is -2.18. The molecule has 1 amide bonds. The van der Waals surface area contributed by atoms with Gasteiger partial charge in [-0.15, -0.1) is 0 Å². The van der Waals surface area contributed by atoms with Crippen LogP contribution in [0.15, 0.2) is 91.9 Å². The molecule has 0 aliphatic rings. The molecule has 2 aromatic carbocycles. The molecule has 3 heterocycles. The summed E-state index contributed by atoms with van der Waals surface area (Å²) in [4.78, 5) is 25.0. The Bertz CT molecular complexity index is 1320. The first kappa shape index (κ1) is 18.6. The van der Waals surface area contributed by atoms with E-state index in [9.17, 15) is 4.79 Å². The Kier molecular flexibility index (Phi) is 4.86. The van der Waals surface area contributed by atoms with E-state index in [0.29, 0.717) is 5.82 Å². The fraction of sp³-hybridized carbons (Fsp3) is 0.0435. The van der Waals surface area contributed by atoms with Crippen LogP contribution in [0.4, 0.5) is 17.2 Å². The van der Waals surface area contributed by atoms with Crippen LogP contribution < -0.4 is 10.6 Å². The highest BCUT2D eigenvalue weighted by Crippen LogP contribution is 2.19. The summed E-state index contributed by atoms with van der Waals surface area (Å²) in [5.74, 6) is 1.30. The number of fused-ring (bicyclic) bond motifs is 1. The number of aromatic nitrogens is 5. The van der Waals surface area contributed by atoms with Gasteiger partial charge in [0.25, 0.3) is 0 Å². The van der Waals surface area contributed by atoms with Crippen LogP contribution in [0, 0.1) is 0 Å². The fourth-order valence-corrected chi connectivity index (χ4v) is 3.37. The quantitative estimate of drug-likeness (QED) is 0.442. The Balaban J connectivity index is 1.23. The zero-order chi connectivity index (χ0) is 21.0. The number of rotatable bonds is 6. The van der Waals surface area contributed by atoms with Gasteiger partial charge in [-0.25, -0.2) is 15.0 Å². The van der Waals surface area contributed by atoms with Crippen molar-refractivity contribution in [3.05, 3.63) is 91.9 Å². The molecule has 8 heteroatoms. The highest BCUT2D eigenvalue weighted by Gasteiger charge is 2.07. The number of carbonyl (C=O) groups is 1. The molecule has 0 aliphatic heterocycles. The maximum absolute atomic E-state index is 12.5. The third kappa shape index (κ3) is 4.13. The molecule has 0 atom stereocenters. The van der Waals surface area contributed by atoms with Crippen molar-refractivity contribution in [3.63, 3.8) is 0 Å². The van der Waals surface area contributed by atoms with E-state index in [1.807, 2.05) is 77.6 Å². The Morgan fingerprint density at radius 2 is 1.77 bits per heavy atom. The predicted molar refractivity (Wildman–Crippen MR) is 119 cm³/mol. The number of para-hydroxylation sites is 1. The van der Waals surface area contributed by atoms with Crippen LogP contribution >= 0.6 is 0 Å². The molecule has 0 spiro atoms. The summed E-state index contributed by atoms with van der Waals surface area (Å²) in [7, 11) is 0. The molecule has 0 unspecified atom stereocenters. The average Bonchev–Trinajstić information content (AvgIpc) is 3.46. The van der Waals surface area contributed by atoms with Gasteiger partial charge >= 0.3 is 0 Å². The van der Waals surface area contributed by atoms with Crippen molar-refractivity contribution >= 4 is 34.0 Å². The van der Waals surface area contributed by atoms with Gasteiger partial charge in [-0.3, -0.25) is 9.36 Å². The molecule has 5 rings (SSSR count). The minimum Gasteiger partial charge on any atom is -0.340 e. The second kappa shape index (κ2) is 8.11. The third-order valence-electron chi connectivity index (χ3n) is 4.86. The number of nitrogens with zero attached hydrogens (tertiary/aromatic N) is 5. The summed E-state index contributed by atoms with van der Waals surface area (Å²) < 4.78 is 3.74. The molecular weight excluding hydrogens is 390 g/mol. The van der Waals surface area contributed by atoms with Crippen molar-refractivity contribution in [1.29, 1.82) is 0 Å². The molecule has 0 aliphatic carbocycles. The standard InChI is InChI=1S/C23H19N7O/c31-23(14-29-11-9-17-3-1-2-4-20(17)29)28-19-7-5-18(6-8-19)27-21-13-22(26-15-25-21)30-12-10-24-16-30/h1-13,15-16H,14H2,(H,28,31)(H,25,26,27). The zero-order valence-corrected chi connectivity index (χ0v) is 16.5. The minimum atomic E-state index is -0.0807. The summed E-state index contributed by atoms with van der Waals surface area (Å²) in [6, 6.07) is 19.3. The Labute approximate surface area is 178 Å². The summed E-state index contributed by atoms with van der Waals surface area (Å²) in [6.45, 7) is 0.255. The number of hydrogen-bond donors (Lipinski definition) is 2. The molecule has 0 fully saturated rings. The summed E-state index contributed by atoms with van der Waals surface area (Å²) in [6.07, 6.45) is 8.62. The smallest absolute Gasteiger partial charge is 0.244 e. The largest absolute Gasteiger partial charge is 0.340 e. The topological polar surface area (TPSA) is 89.7 Å².